The highest BCUT2D eigenvalue weighted by atomic mass is 79.9. The minimum Gasteiger partial charge on any atom is -0.398 e. The van der Waals surface area contributed by atoms with Crippen LogP contribution in [0.15, 0.2) is 45.3 Å². The van der Waals surface area contributed by atoms with Gasteiger partial charge in [-0.1, -0.05) is 27.5 Å². The van der Waals surface area contributed by atoms with Crippen LogP contribution >= 0.6 is 43.5 Å². The maximum absolute atomic E-state index is 12.2. The molecule has 98 valence electrons. The van der Waals surface area contributed by atoms with Crippen LogP contribution in [0.3, 0.4) is 0 Å². The lowest BCUT2D eigenvalue weighted by atomic mass is 10.1. The zero-order valence-electron chi connectivity index (χ0n) is 9.58. The third kappa shape index (κ3) is 3.49. The normalized spacial score (nSPS) is 10.3. The van der Waals surface area contributed by atoms with Crippen LogP contribution in [0.25, 0.3) is 0 Å². The van der Waals surface area contributed by atoms with E-state index < -0.39 is 0 Å². The number of nitrogens with two attached hydrogens (primary N) is 1. The summed E-state index contributed by atoms with van der Waals surface area (Å²) >= 11 is 12.6. The number of halogens is 3. The topological polar surface area (TPSA) is 55.1 Å². The molecule has 0 saturated carbocycles. The number of hydrogen-bond acceptors (Lipinski definition) is 2. The van der Waals surface area contributed by atoms with Crippen LogP contribution in [0.2, 0.25) is 5.02 Å². The molecule has 0 unspecified atom stereocenters. The Kier molecular flexibility index (Phi) is 4.50. The molecule has 0 saturated heterocycles. The molecule has 0 radical (unpaired) electrons. The Bertz CT molecular complexity index is 647. The summed E-state index contributed by atoms with van der Waals surface area (Å²) in [6.45, 7) is 0. The maximum Gasteiger partial charge on any atom is 0.257 e. The van der Waals surface area contributed by atoms with Crippen LogP contribution in [0.1, 0.15) is 10.4 Å². The lowest BCUT2D eigenvalue weighted by molar-refractivity contribution is 0.102. The molecule has 2 aromatic carbocycles. The van der Waals surface area contributed by atoms with Gasteiger partial charge in [0.15, 0.2) is 0 Å². The Hall–Kier alpha value is -1.04. The summed E-state index contributed by atoms with van der Waals surface area (Å²) in [5, 5.41) is 3.31. The Morgan fingerprint density at radius 2 is 1.89 bits per heavy atom. The van der Waals surface area contributed by atoms with Gasteiger partial charge in [-0.3, -0.25) is 4.79 Å². The fourth-order valence-electron chi connectivity index (χ4n) is 1.51. The van der Waals surface area contributed by atoms with Gasteiger partial charge in [0.25, 0.3) is 5.91 Å². The van der Waals surface area contributed by atoms with Crippen molar-refractivity contribution in [3.63, 3.8) is 0 Å². The Labute approximate surface area is 132 Å². The van der Waals surface area contributed by atoms with Crippen molar-refractivity contribution in [3.05, 3.63) is 55.9 Å². The second-order valence-electron chi connectivity index (χ2n) is 3.81. The van der Waals surface area contributed by atoms with E-state index in [-0.39, 0.29) is 5.91 Å². The Morgan fingerprint density at radius 3 is 2.63 bits per heavy atom. The molecule has 6 heteroatoms. The van der Waals surface area contributed by atoms with E-state index in [4.69, 9.17) is 17.3 Å². The van der Waals surface area contributed by atoms with Gasteiger partial charge in [0.05, 0.1) is 11.3 Å². The molecule has 0 fully saturated rings. The molecule has 0 aliphatic carbocycles. The first kappa shape index (κ1) is 14.4. The van der Waals surface area contributed by atoms with E-state index >= 15 is 0 Å². The minimum atomic E-state index is -0.290. The Balaban J connectivity index is 2.30. The van der Waals surface area contributed by atoms with E-state index in [0.29, 0.717) is 22.0 Å². The largest absolute Gasteiger partial charge is 0.398 e. The molecule has 1 amide bonds. The average Bonchev–Trinajstić information content (AvgIpc) is 2.36. The summed E-state index contributed by atoms with van der Waals surface area (Å²) in [5.74, 6) is -0.290. The Morgan fingerprint density at radius 1 is 1.16 bits per heavy atom. The number of amides is 1. The summed E-state index contributed by atoms with van der Waals surface area (Å²) in [5.41, 5.74) is 7.21. The van der Waals surface area contributed by atoms with Gasteiger partial charge in [-0.15, -0.1) is 0 Å². The zero-order valence-corrected chi connectivity index (χ0v) is 13.5. The molecule has 0 aromatic heterocycles. The van der Waals surface area contributed by atoms with Crippen molar-refractivity contribution in [2.75, 3.05) is 11.1 Å². The standard InChI is InChI=1S/C13H9Br2ClN2O/c14-7-1-4-11(17)9(5-7)13(19)18-12-6-8(16)2-3-10(12)15/h1-6H,17H2,(H,18,19). The van der Waals surface area contributed by atoms with Crippen molar-refractivity contribution >= 4 is 60.7 Å². The van der Waals surface area contributed by atoms with E-state index in [1.165, 1.54) is 0 Å². The summed E-state index contributed by atoms with van der Waals surface area (Å²) in [7, 11) is 0. The van der Waals surface area contributed by atoms with Crippen molar-refractivity contribution in [2.45, 2.75) is 0 Å². The fourth-order valence-corrected chi connectivity index (χ4v) is 2.39. The first-order valence-corrected chi connectivity index (χ1v) is 7.25. The molecule has 0 aliphatic heterocycles. The summed E-state index contributed by atoms with van der Waals surface area (Å²) in [4.78, 5) is 12.2. The molecular formula is C13H9Br2ClN2O. The van der Waals surface area contributed by atoms with Crippen molar-refractivity contribution in [3.8, 4) is 0 Å². The number of carbonyl (C=O) groups is 1. The van der Waals surface area contributed by atoms with E-state index in [1.54, 1.807) is 36.4 Å². The van der Waals surface area contributed by atoms with E-state index in [2.05, 4.69) is 37.2 Å². The molecular weight excluding hydrogens is 395 g/mol. The molecule has 19 heavy (non-hydrogen) atoms. The molecule has 0 atom stereocenters. The highest BCUT2D eigenvalue weighted by Gasteiger charge is 2.12. The molecule has 2 aromatic rings. The highest BCUT2D eigenvalue weighted by Crippen LogP contribution is 2.27. The van der Waals surface area contributed by atoms with Gasteiger partial charge in [-0.2, -0.15) is 0 Å². The average molecular weight is 404 g/mol. The van der Waals surface area contributed by atoms with Crippen LogP contribution in [-0.2, 0) is 0 Å². The summed E-state index contributed by atoms with van der Waals surface area (Å²) < 4.78 is 1.54. The predicted octanol–water partition coefficient (Wildman–Crippen LogP) is 4.70. The summed E-state index contributed by atoms with van der Waals surface area (Å²) in [6, 6.07) is 10.3. The first-order chi connectivity index (χ1) is 8.97. The third-order valence-electron chi connectivity index (χ3n) is 2.44. The molecule has 0 heterocycles. The number of hydrogen-bond donors (Lipinski definition) is 2. The van der Waals surface area contributed by atoms with Gasteiger partial charge < -0.3 is 11.1 Å². The predicted molar refractivity (Wildman–Crippen MR) is 85.7 cm³/mol. The van der Waals surface area contributed by atoms with Crippen LogP contribution in [0.4, 0.5) is 11.4 Å². The maximum atomic E-state index is 12.2. The van der Waals surface area contributed by atoms with Crippen molar-refractivity contribution in [1.82, 2.24) is 0 Å². The second kappa shape index (κ2) is 5.94. The second-order valence-corrected chi connectivity index (χ2v) is 6.02. The lowest BCUT2D eigenvalue weighted by Crippen LogP contribution is -2.14. The lowest BCUT2D eigenvalue weighted by Gasteiger charge is -2.10. The smallest absolute Gasteiger partial charge is 0.257 e. The van der Waals surface area contributed by atoms with Gasteiger partial charge in [0.2, 0.25) is 0 Å². The molecule has 3 N–H and O–H groups in total. The SMILES string of the molecule is Nc1ccc(Br)cc1C(=O)Nc1cc(Cl)ccc1Br. The number of anilines is 2. The number of rotatable bonds is 2. The van der Waals surface area contributed by atoms with E-state index in [1.807, 2.05) is 0 Å². The van der Waals surface area contributed by atoms with Gasteiger partial charge in [-0.05, 0) is 52.3 Å². The summed E-state index contributed by atoms with van der Waals surface area (Å²) in [6.07, 6.45) is 0. The van der Waals surface area contributed by atoms with Crippen LogP contribution in [-0.4, -0.2) is 5.91 Å². The zero-order chi connectivity index (χ0) is 14.0. The van der Waals surface area contributed by atoms with Crippen molar-refractivity contribution in [2.24, 2.45) is 0 Å². The molecule has 3 nitrogen and oxygen atoms in total. The van der Waals surface area contributed by atoms with Gasteiger partial charge in [-0.25, -0.2) is 0 Å². The van der Waals surface area contributed by atoms with Crippen molar-refractivity contribution < 1.29 is 4.79 Å². The van der Waals surface area contributed by atoms with Crippen LogP contribution < -0.4 is 11.1 Å². The van der Waals surface area contributed by atoms with Crippen molar-refractivity contribution in [1.29, 1.82) is 0 Å². The highest BCUT2D eigenvalue weighted by molar-refractivity contribution is 9.10. The van der Waals surface area contributed by atoms with Gasteiger partial charge >= 0.3 is 0 Å². The van der Waals surface area contributed by atoms with Crippen LogP contribution in [0, 0.1) is 0 Å². The monoisotopic (exact) mass is 402 g/mol. The molecule has 2 rings (SSSR count). The fraction of sp³-hybridized carbons (Fsp3) is 0. The number of nitrogen functional groups attached to an aromatic ring is 1. The van der Waals surface area contributed by atoms with Crippen LogP contribution in [0.5, 0.6) is 0 Å². The van der Waals surface area contributed by atoms with Gasteiger partial charge in [0.1, 0.15) is 0 Å². The first-order valence-electron chi connectivity index (χ1n) is 5.29. The molecule has 0 spiro atoms. The number of nitrogens with one attached hydrogen (secondary N) is 1. The molecule has 0 aliphatic rings. The molecule has 0 bridgehead atoms. The number of carbonyl (C=O) groups excluding carboxylic acids is 1. The minimum absolute atomic E-state index is 0.290. The van der Waals surface area contributed by atoms with Gasteiger partial charge in [0, 0.05) is 19.7 Å². The number of benzene rings is 2. The van der Waals surface area contributed by atoms with E-state index in [9.17, 15) is 4.79 Å². The third-order valence-corrected chi connectivity index (χ3v) is 3.86. The van der Waals surface area contributed by atoms with E-state index in [0.717, 1.165) is 8.95 Å². The quantitative estimate of drug-likeness (QED) is 0.713.